The zero-order chi connectivity index (χ0) is 25.4. The fourth-order valence-electron chi connectivity index (χ4n) is 3.41. The van der Waals surface area contributed by atoms with Crippen LogP contribution in [0.25, 0.3) is 11.5 Å². The van der Waals surface area contributed by atoms with E-state index in [1.54, 1.807) is 19.9 Å². The standard InChI is InChI=1S/C26H29BrN2O6/c1-16(2)34-26(32)28-15-20-14-22(10-6-18(20)7-11-24(30)31)33-13-12-23-17(3)35-25(29-23)19-4-8-21(27)9-5-19/h4-6,8-10,14,16H,7,11-13,15H2,1-3H3,(H,28,32)(H,30,31). The highest BCUT2D eigenvalue weighted by molar-refractivity contribution is 9.10. The Morgan fingerprint density at radius 1 is 1.11 bits per heavy atom. The molecule has 0 unspecified atom stereocenters. The highest BCUT2D eigenvalue weighted by atomic mass is 79.9. The quantitative estimate of drug-likeness (QED) is 0.319. The van der Waals surface area contributed by atoms with Crippen molar-refractivity contribution >= 4 is 28.0 Å². The summed E-state index contributed by atoms with van der Waals surface area (Å²) in [4.78, 5) is 27.5. The van der Waals surface area contributed by atoms with Crippen LogP contribution in [0, 0.1) is 6.92 Å². The van der Waals surface area contributed by atoms with Gasteiger partial charge in [-0.25, -0.2) is 9.78 Å². The van der Waals surface area contributed by atoms with E-state index in [1.807, 2.05) is 43.3 Å². The van der Waals surface area contributed by atoms with E-state index in [9.17, 15) is 9.59 Å². The predicted octanol–water partition coefficient (Wildman–Crippen LogP) is 5.69. The molecule has 0 fully saturated rings. The third-order valence-corrected chi connectivity index (χ3v) is 5.67. The molecule has 0 aliphatic rings. The lowest BCUT2D eigenvalue weighted by Gasteiger charge is -2.14. The third kappa shape index (κ3) is 8.13. The van der Waals surface area contributed by atoms with Crippen LogP contribution in [-0.2, 0) is 28.9 Å². The molecule has 9 heteroatoms. The van der Waals surface area contributed by atoms with Crippen molar-refractivity contribution in [3.05, 3.63) is 69.5 Å². The van der Waals surface area contributed by atoms with Gasteiger partial charge in [0.25, 0.3) is 0 Å². The molecule has 8 nitrogen and oxygen atoms in total. The summed E-state index contributed by atoms with van der Waals surface area (Å²) < 4.78 is 17.9. The summed E-state index contributed by atoms with van der Waals surface area (Å²) in [5, 5.41) is 11.7. The van der Waals surface area contributed by atoms with E-state index >= 15 is 0 Å². The third-order valence-electron chi connectivity index (χ3n) is 5.14. The number of aryl methyl sites for hydroxylation is 2. The number of carboxylic acids is 1. The molecule has 3 aromatic rings. The molecule has 1 heterocycles. The Balaban J connectivity index is 1.64. The summed E-state index contributed by atoms with van der Waals surface area (Å²) in [6, 6.07) is 13.2. The molecule has 1 amide bonds. The number of carboxylic acid groups (broad SMARTS) is 1. The summed E-state index contributed by atoms with van der Waals surface area (Å²) in [6.07, 6.45) is 0.138. The first-order chi connectivity index (χ1) is 16.7. The van der Waals surface area contributed by atoms with Gasteiger partial charge in [0.05, 0.1) is 18.4 Å². The summed E-state index contributed by atoms with van der Waals surface area (Å²) in [5.41, 5.74) is 3.32. The summed E-state index contributed by atoms with van der Waals surface area (Å²) >= 11 is 3.42. The number of aromatic nitrogens is 1. The molecule has 0 atom stereocenters. The lowest BCUT2D eigenvalue weighted by molar-refractivity contribution is -0.136. The minimum Gasteiger partial charge on any atom is -0.493 e. The number of benzene rings is 2. The Hall–Kier alpha value is -3.33. The van der Waals surface area contributed by atoms with Gasteiger partial charge >= 0.3 is 12.1 Å². The van der Waals surface area contributed by atoms with Crippen molar-refractivity contribution in [1.82, 2.24) is 10.3 Å². The Bertz CT molecular complexity index is 1160. The number of oxazole rings is 1. The molecule has 0 bridgehead atoms. The molecule has 2 N–H and O–H groups in total. The largest absolute Gasteiger partial charge is 0.493 e. The van der Waals surface area contributed by atoms with Crippen LogP contribution in [0.5, 0.6) is 5.75 Å². The van der Waals surface area contributed by atoms with Crippen molar-refractivity contribution in [3.8, 4) is 17.2 Å². The lowest BCUT2D eigenvalue weighted by atomic mass is 10.0. The number of aliphatic carboxylic acids is 1. The maximum absolute atomic E-state index is 11.9. The van der Waals surface area contributed by atoms with E-state index in [-0.39, 0.29) is 19.1 Å². The molecule has 2 aromatic carbocycles. The van der Waals surface area contributed by atoms with Gasteiger partial charge in [0, 0.05) is 29.4 Å². The molecule has 3 rings (SSSR count). The van der Waals surface area contributed by atoms with E-state index in [1.165, 1.54) is 0 Å². The van der Waals surface area contributed by atoms with Crippen molar-refractivity contribution in [1.29, 1.82) is 0 Å². The molecule has 0 saturated heterocycles. The summed E-state index contributed by atoms with van der Waals surface area (Å²) in [7, 11) is 0. The molecule has 0 aliphatic heterocycles. The van der Waals surface area contributed by atoms with Gasteiger partial charge in [-0.3, -0.25) is 4.79 Å². The van der Waals surface area contributed by atoms with Crippen molar-refractivity contribution in [2.75, 3.05) is 6.61 Å². The second-order valence-electron chi connectivity index (χ2n) is 8.26. The summed E-state index contributed by atoms with van der Waals surface area (Å²) in [6.45, 7) is 6.00. The second-order valence-corrected chi connectivity index (χ2v) is 9.17. The minimum absolute atomic E-state index is 0.00419. The van der Waals surface area contributed by atoms with Gasteiger partial charge in [0.1, 0.15) is 11.5 Å². The first-order valence-corrected chi connectivity index (χ1v) is 12.1. The number of rotatable bonds is 11. The van der Waals surface area contributed by atoms with Crippen LogP contribution in [0.2, 0.25) is 0 Å². The molecular weight excluding hydrogens is 516 g/mol. The van der Waals surface area contributed by atoms with Crippen molar-refractivity contribution in [3.63, 3.8) is 0 Å². The number of halogens is 1. The predicted molar refractivity (Wildman–Crippen MR) is 134 cm³/mol. The normalized spacial score (nSPS) is 10.9. The average Bonchev–Trinajstić information content (AvgIpc) is 3.17. The van der Waals surface area contributed by atoms with Crippen molar-refractivity contribution in [2.24, 2.45) is 0 Å². The van der Waals surface area contributed by atoms with Gasteiger partial charge in [-0.2, -0.15) is 0 Å². The fourth-order valence-corrected chi connectivity index (χ4v) is 3.67. The van der Waals surface area contributed by atoms with E-state index < -0.39 is 12.1 Å². The first-order valence-electron chi connectivity index (χ1n) is 11.3. The number of hydrogen-bond acceptors (Lipinski definition) is 6. The molecule has 1 aromatic heterocycles. The minimum atomic E-state index is -0.881. The number of carbonyl (C=O) groups excluding carboxylic acids is 1. The Labute approximate surface area is 212 Å². The first kappa shape index (κ1) is 26.3. The molecular formula is C26H29BrN2O6. The number of amides is 1. The van der Waals surface area contributed by atoms with Crippen molar-refractivity contribution < 1.29 is 28.6 Å². The Kier molecular flexibility index (Phi) is 9.31. The summed E-state index contributed by atoms with van der Waals surface area (Å²) in [5.74, 6) is 1.04. The molecule has 0 saturated carbocycles. The highest BCUT2D eigenvalue weighted by Crippen LogP contribution is 2.24. The molecule has 35 heavy (non-hydrogen) atoms. The van der Waals surface area contributed by atoms with Crippen LogP contribution in [0.1, 0.15) is 42.8 Å². The Morgan fingerprint density at radius 2 is 1.86 bits per heavy atom. The average molecular weight is 545 g/mol. The van der Waals surface area contributed by atoms with E-state index in [0.29, 0.717) is 31.1 Å². The number of carbonyl (C=O) groups is 2. The molecule has 0 aliphatic carbocycles. The van der Waals surface area contributed by atoms with Gasteiger partial charge in [0.15, 0.2) is 0 Å². The van der Waals surface area contributed by atoms with Crippen LogP contribution in [0.3, 0.4) is 0 Å². The van der Waals surface area contributed by atoms with E-state index in [0.717, 1.165) is 32.6 Å². The maximum Gasteiger partial charge on any atom is 0.407 e. The molecule has 186 valence electrons. The van der Waals surface area contributed by atoms with Crippen LogP contribution in [-0.4, -0.2) is 34.9 Å². The van der Waals surface area contributed by atoms with Gasteiger partial charge in [-0.05, 0) is 74.7 Å². The zero-order valence-electron chi connectivity index (χ0n) is 20.0. The van der Waals surface area contributed by atoms with Crippen LogP contribution in [0.15, 0.2) is 51.4 Å². The monoisotopic (exact) mass is 544 g/mol. The number of nitrogens with one attached hydrogen (secondary N) is 1. The van der Waals surface area contributed by atoms with Gasteiger partial charge in [-0.15, -0.1) is 0 Å². The van der Waals surface area contributed by atoms with Crippen molar-refractivity contribution in [2.45, 2.75) is 52.7 Å². The molecule has 0 spiro atoms. The Morgan fingerprint density at radius 3 is 2.54 bits per heavy atom. The topological polar surface area (TPSA) is 111 Å². The SMILES string of the molecule is Cc1oc(-c2ccc(Br)cc2)nc1CCOc1ccc(CCC(=O)O)c(CNC(=O)OC(C)C)c1. The van der Waals surface area contributed by atoms with Crippen LogP contribution in [0.4, 0.5) is 4.79 Å². The van der Waals surface area contributed by atoms with Crippen LogP contribution >= 0.6 is 15.9 Å². The van der Waals surface area contributed by atoms with E-state index in [2.05, 4.69) is 26.2 Å². The van der Waals surface area contributed by atoms with E-state index in [4.69, 9.17) is 19.0 Å². The van der Waals surface area contributed by atoms with Gasteiger partial charge < -0.3 is 24.3 Å². The number of ether oxygens (including phenoxy) is 2. The number of hydrogen-bond donors (Lipinski definition) is 2. The second kappa shape index (κ2) is 12.4. The number of alkyl carbamates (subject to hydrolysis) is 1. The van der Waals surface area contributed by atoms with Crippen LogP contribution < -0.4 is 10.1 Å². The maximum atomic E-state index is 11.9. The lowest BCUT2D eigenvalue weighted by Crippen LogP contribution is -2.26. The zero-order valence-corrected chi connectivity index (χ0v) is 21.6. The van der Waals surface area contributed by atoms with Gasteiger partial charge in [-0.1, -0.05) is 22.0 Å². The van der Waals surface area contributed by atoms with Gasteiger partial charge in [0.2, 0.25) is 5.89 Å². The fraction of sp³-hybridized carbons (Fsp3) is 0.346. The smallest absolute Gasteiger partial charge is 0.407 e. The highest BCUT2D eigenvalue weighted by Gasteiger charge is 2.13. The number of nitrogens with zero attached hydrogens (tertiary/aromatic N) is 1. The molecule has 0 radical (unpaired) electrons.